The molecule has 2 aromatic carbocycles. The average molecular weight is 272 g/mol. The molecule has 0 saturated heterocycles. The quantitative estimate of drug-likeness (QED) is 0.881. The van der Waals surface area contributed by atoms with Crippen molar-refractivity contribution in [1.82, 2.24) is 0 Å². The second kappa shape index (κ2) is 4.96. The van der Waals surface area contributed by atoms with E-state index in [1.54, 1.807) is 31.4 Å². The minimum absolute atomic E-state index is 0.139. The van der Waals surface area contributed by atoms with Crippen molar-refractivity contribution in [2.24, 2.45) is 0 Å². The van der Waals surface area contributed by atoms with Crippen LogP contribution in [0.3, 0.4) is 0 Å². The molecular weight excluding hydrogens is 256 g/mol. The average Bonchev–Trinajstić information content (AvgIpc) is 2.46. The number of benzene rings is 2. The van der Waals surface area contributed by atoms with Crippen LogP contribution >= 0.6 is 0 Å². The number of phenols is 2. The van der Waals surface area contributed by atoms with E-state index >= 15 is 0 Å². The summed E-state index contributed by atoms with van der Waals surface area (Å²) in [7, 11) is 1.57. The monoisotopic (exact) mass is 272 g/mol. The second-order valence-corrected chi connectivity index (χ2v) is 4.86. The zero-order valence-corrected chi connectivity index (χ0v) is 11.2. The number of methoxy groups -OCH3 is 1. The molecule has 0 radical (unpaired) electrons. The molecule has 1 atom stereocenters. The lowest BCUT2D eigenvalue weighted by Crippen LogP contribution is -2.15. The zero-order chi connectivity index (χ0) is 14.1. The SMILES string of the molecule is COc1cc(O)ccc1C1CCc2ccc(O)cc2O1. The summed E-state index contributed by atoms with van der Waals surface area (Å²) in [4.78, 5) is 0. The summed E-state index contributed by atoms with van der Waals surface area (Å²) in [5.74, 6) is 1.68. The fourth-order valence-corrected chi connectivity index (χ4v) is 2.54. The van der Waals surface area contributed by atoms with E-state index in [-0.39, 0.29) is 17.6 Å². The van der Waals surface area contributed by atoms with E-state index < -0.39 is 0 Å². The highest BCUT2D eigenvalue weighted by atomic mass is 16.5. The van der Waals surface area contributed by atoms with Crippen LogP contribution in [0.1, 0.15) is 23.7 Å². The number of hydrogen-bond donors (Lipinski definition) is 2. The van der Waals surface area contributed by atoms with E-state index in [9.17, 15) is 10.2 Å². The summed E-state index contributed by atoms with van der Waals surface area (Å²) in [5.41, 5.74) is 2.00. The Bertz CT molecular complexity index is 636. The third kappa shape index (κ3) is 2.25. The van der Waals surface area contributed by atoms with Crippen molar-refractivity contribution in [2.75, 3.05) is 7.11 Å². The van der Waals surface area contributed by atoms with Gasteiger partial charge in [0.25, 0.3) is 0 Å². The molecule has 0 aliphatic carbocycles. The maximum Gasteiger partial charge on any atom is 0.129 e. The van der Waals surface area contributed by atoms with Gasteiger partial charge in [-0.2, -0.15) is 0 Å². The molecule has 1 aliphatic rings. The van der Waals surface area contributed by atoms with E-state index in [0.29, 0.717) is 11.5 Å². The highest BCUT2D eigenvalue weighted by molar-refractivity contribution is 5.45. The highest BCUT2D eigenvalue weighted by Crippen LogP contribution is 2.40. The number of fused-ring (bicyclic) bond motifs is 1. The van der Waals surface area contributed by atoms with Crippen LogP contribution in [-0.4, -0.2) is 17.3 Å². The molecule has 0 aromatic heterocycles. The number of phenolic OH excluding ortho intramolecular Hbond substituents is 2. The molecule has 1 aliphatic heterocycles. The van der Waals surface area contributed by atoms with Crippen molar-refractivity contribution in [3.8, 4) is 23.0 Å². The minimum atomic E-state index is -0.139. The van der Waals surface area contributed by atoms with Gasteiger partial charge in [-0.3, -0.25) is 0 Å². The molecule has 0 amide bonds. The second-order valence-electron chi connectivity index (χ2n) is 4.86. The van der Waals surface area contributed by atoms with E-state index in [1.165, 1.54) is 0 Å². The minimum Gasteiger partial charge on any atom is -0.508 e. The van der Waals surface area contributed by atoms with Crippen molar-refractivity contribution in [3.63, 3.8) is 0 Å². The third-order valence-corrected chi connectivity index (χ3v) is 3.56. The van der Waals surface area contributed by atoms with Crippen molar-refractivity contribution in [3.05, 3.63) is 47.5 Å². The molecule has 2 aromatic rings. The van der Waals surface area contributed by atoms with Gasteiger partial charge in [0.05, 0.1) is 7.11 Å². The Morgan fingerprint density at radius 1 is 1.10 bits per heavy atom. The predicted octanol–water partition coefficient (Wildman–Crippen LogP) is 3.17. The lowest BCUT2D eigenvalue weighted by Gasteiger charge is -2.27. The Kier molecular flexibility index (Phi) is 3.14. The summed E-state index contributed by atoms with van der Waals surface area (Å²) >= 11 is 0. The maximum atomic E-state index is 9.54. The number of aryl methyl sites for hydroxylation is 1. The van der Waals surface area contributed by atoms with Gasteiger partial charge in [0.15, 0.2) is 0 Å². The van der Waals surface area contributed by atoms with Crippen LogP contribution in [0.25, 0.3) is 0 Å². The number of aromatic hydroxyl groups is 2. The first-order chi connectivity index (χ1) is 9.67. The summed E-state index contributed by atoms with van der Waals surface area (Å²) in [6, 6.07) is 10.2. The van der Waals surface area contributed by atoms with Gasteiger partial charge in [-0.05, 0) is 36.6 Å². The van der Waals surface area contributed by atoms with Crippen LogP contribution in [0, 0.1) is 0 Å². The van der Waals surface area contributed by atoms with Gasteiger partial charge in [-0.25, -0.2) is 0 Å². The Morgan fingerprint density at radius 2 is 1.85 bits per heavy atom. The lowest BCUT2D eigenvalue weighted by molar-refractivity contribution is 0.172. The normalized spacial score (nSPS) is 17.1. The smallest absolute Gasteiger partial charge is 0.129 e. The van der Waals surface area contributed by atoms with Gasteiger partial charge in [0.1, 0.15) is 29.1 Å². The maximum absolute atomic E-state index is 9.54. The lowest BCUT2D eigenvalue weighted by atomic mass is 9.96. The molecule has 0 bridgehead atoms. The molecule has 4 heteroatoms. The van der Waals surface area contributed by atoms with Crippen LogP contribution < -0.4 is 9.47 Å². The molecule has 0 spiro atoms. The first-order valence-corrected chi connectivity index (χ1v) is 6.53. The number of hydrogen-bond acceptors (Lipinski definition) is 4. The van der Waals surface area contributed by atoms with Crippen molar-refractivity contribution >= 4 is 0 Å². The molecule has 2 N–H and O–H groups in total. The van der Waals surface area contributed by atoms with E-state index in [2.05, 4.69) is 0 Å². The largest absolute Gasteiger partial charge is 0.508 e. The molecule has 104 valence electrons. The first-order valence-electron chi connectivity index (χ1n) is 6.53. The van der Waals surface area contributed by atoms with E-state index in [1.807, 2.05) is 12.1 Å². The Morgan fingerprint density at radius 3 is 2.65 bits per heavy atom. The molecule has 1 heterocycles. The van der Waals surface area contributed by atoms with Crippen LogP contribution in [0.15, 0.2) is 36.4 Å². The Hall–Kier alpha value is -2.36. The molecular formula is C16H16O4. The van der Waals surface area contributed by atoms with E-state index in [0.717, 1.165) is 24.0 Å². The number of rotatable bonds is 2. The van der Waals surface area contributed by atoms with Crippen LogP contribution in [0.5, 0.6) is 23.0 Å². The summed E-state index contributed by atoms with van der Waals surface area (Å²) in [5, 5.41) is 19.1. The van der Waals surface area contributed by atoms with Crippen LogP contribution in [0.4, 0.5) is 0 Å². The predicted molar refractivity (Wildman–Crippen MR) is 74.5 cm³/mol. The van der Waals surface area contributed by atoms with Gasteiger partial charge in [0, 0.05) is 17.7 Å². The fraction of sp³-hybridized carbons (Fsp3) is 0.250. The molecule has 0 saturated carbocycles. The molecule has 0 fully saturated rings. The first kappa shape index (κ1) is 12.7. The molecule has 20 heavy (non-hydrogen) atoms. The van der Waals surface area contributed by atoms with Gasteiger partial charge in [-0.15, -0.1) is 0 Å². The van der Waals surface area contributed by atoms with Gasteiger partial charge >= 0.3 is 0 Å². The molecule has 3 rings (SSSR count). The van der Waals surface area contributed by atoms with Gasteiger partial charge < -0.3 is 19.7 Å². The standard InChI is InChI=1S/C16H16O4/c1-19-16-9-12(18)5-6-13(16)14-7-3-10-2-4-11(17)8-15(10)20-14/h2,4-6,8-9,14,17-18H,3,7H2,1H3. The zero-order valence-electron chi connectivity index (χ0n) is 11.2. The van der Waals surface area contributed by atoms with Gasteiger partial charge in [0.2, 0.25) is 0 Å². The Labute approximate surface area is 117 Å². The van der Waals surface area contributed by atoms with E-state index in [4.69, 9.17) is 9.47 Å². The third-order valence-electron chi connectivity index (χ3n) is 3.56. The van der Waals surface area contributed by atoms with Crippen molar-refractivity contribution in [1.29, 1.82) is 0 Å². The Balaban J connectivity index is 1.94. The number of ether oxygens (including phenoxy) is 2. The van der Waals surface area contributed by atoms with Crippen LogP contribution in [-0.2, 0) is 6.42 Å². The summed E-state index contributed by atoms with van der Waals surface area (Å²) in [6.45, 7) is 0. The summed E-state index contributed by atoms with van der Waals surface area (Å²) in [6.07, 6.45) is 1.57. The van der Waals surface area contributed by atoms with Crippen molar-refractivity contribution < 1.29 is 19.7 Å². The topological polar surface area (TPSA) is 58.9 Å². The summed E-state index contributed by atoms with van der Waals surface area (Å²) < 4.78 is 11.3. The molecule has 4 nitrogen and oxygen atoms in total. The fourth-order valence-electron chi connectivity index (χ4n) is 2.54. The highest BCUT2D eigenvalue weighted by Gasteiger charge is 2.24. The van der Waals surface area contributed by atoms with Crippen LogP contribution in [0.2, 0.25) is 0 Å². The van der Waals surface area contributed by atoms with Gasteiger partial charge in [-0.1, -0.05) is 6.07 Å². The molecule has 1 unspecified atom stereocenters. The van der Waals surface area contributed by atoms with Crippen molar-refractivity contribution in [2.45, 2.75) is 18.9 Å².